The van der Waals surface area contributed by atoms with Crippen LogP contribution in [0.1, 0.15) is 29.0 Å². The average molecular weight is 235 g/mol. The summed E-state index contributed by atoms with van der Waals surface area (Å²) in [4.78, 5) is 14.3. The van der Waals surface area contributed by atoms with E-state index >= 15 is 0 Å². The number of hydrogen-bond donors (Lipinski definition) is 1. The summed E-state index contributed by atoms with van der Waals surface area (Å²) in [5, 5.41) is 3.32. The Morgan fingerprint density at radius 1 is 1.41 bits per heavy atom. The summed E-state index contributed by atoms with van der Waals surface area (Å²) in [6, 6.07) is 4.28. The van der Waals surface area contributed by atoms with Gasteiger partial charge in [0.15, 0.2) is 0 Å². The fourth-order valence-electron chi connectivity index (χ4n) is 2.37. The van der Waals surface area contributed by atoms with Crippen LogP contribution in [-0.4, -0.2) is 41.6 Å². The van der Waals surface area contributed by atoms with E-state index < -0.39 is 0 Å². The maximum atomic E-state index is 12.4. The summed E-state index contributed by atoms with van der Waals surface area (Å²) in [7, 11) is 3.86. The van der Waals surface area contributed by atoms with Crippen LogP contribution in [0.25, 0.3) is 0 Å². The number of hydrogen-bond acceptors (Lipinski definition) is 2. The smallest absolute Gasteiger partial charge is 0.270 e. The van der Waals surface area contributed by atoms with Crippen molar-refractivity contribution in [2.24, 2.45) is 7.05 Å². The second-order valence-electron chi connectivity index (χ2n) is 4.82. The van der Waals surface area contributed by atoms with Crippen LogP contribution < -0.4 is 5.32 Å². The predicted octanol–water partition coefficient (Wildman–Crippen LogP) is 1.16. The van der Waals surface area contributed by atoms with E-state index in [0.717, 1.165) is 37.3 Å². The Labute approximate surface area is 103 Å². The first-order chi connectivity index (χ1) is 8.11. The van der Waals surface area contributed by atoms with Gasteiger partial charge < -0.3 is 14.8 Å². The summed E-state index contributed by atoms with van der Waals surface area (Å²) in [6.07, 6.45) is 2.09. The standard InChI is InChI=1S/C13H21N3O/c1-10-4-5-12(15(10)2)13(17)16(3)11-6-8-14-9-7-11/h4-5,11,14H,6-9H2,1-3H3. The number of piperidine rings is 1. The van der Waals surface area contributed by atoms with E-state index in [2.05, 4.69) is 5.32 Å². The van der Waals surface area contributed by atoms with Gasteiger partial charge >= 0.3 is 0 Å². The highest BCUT2D eigenvalue weighted by atomic mass is 16.2. The third-order valence-corrected chi connectivity index (χ3v) is 3.77. The van der Waals surface area contributed by atoms with Gasteiger partial charge in [0.05, 0.1) is 0 Å². The lowest BCUT2D eigenvalue weighted by molar-refractivity contribution is 0.0693. The molecule has 1 aliphatic rings. The largest absolute Gasteiger partial charge is 0.344 e. The molecule has 4 heteroatoms. The Morgan fingerprint density at radius 3 is 2.59 bits per heavy atom. The first-order valence-electron chi connectivity index (χ1n) is 6.21. The molecule has 17 heavy (non-hydrogen) atoms. The van der Waals surface area contributed by atoms with Crippen LogP contribution in [0.3, 0.4) is 0 Å². The van der Waals surface area contributed by atoms with Crippen molar-refractivity contribution in [1.29, 1.82) is 0 Å². The van der Waals surface area contributed by atoms with Gasteiger partial charge in [-0.3, -0.25) is 4.79 Å². The minimum atomic E-state index is 0.132. The number of rotatable bonds is 2. The van der Waals surface area contributed by atoms with E-state index in [1.807, 2.05) is 42.6 Å². The van der Waals surface area contributed by atoms with Crippen molar-refractivity contribution in [3.05, 3.63) is 23.5 Å². The van der Waals surface area contributed by atoms with Crippen LogP contribution in [0.5, 0.6) is 0 Å². The number of aromatic nitrogens is 1. The molecule has 0 atom stereocenters. The quantitative estimate of drug-likeness (QED) is 0.835. The van der Waals surface area contributed by atoms with Gasteiger partial charge in [0.2, 0.25) is 0 Å². The van der Waals surface area contributed by atoms with Crippen LogP contribution in [0.15, 0.2) is 12.1 Å². The van der Waals surface area contributed by atoms with Crippen LogP contribution in [0, 0.1) is 6.92 Å². The fraction of sp³-hybridized carbons (Fsp3) is 0.615. The maximum Gasteiger partial charge on any atom is 0.270 e. The molecule has 4 nitrogen and oxygen atoms in total. The molecule has 0 spiro atoms. The van der Waals surface area contributed by atoms with Gasteiger partial charge in [-0.25, -0.2) is 0 Å². The van der Waals surface area contributed by atoms with Gasteiger partial charge in [-0.1, -0.05) is 0 Å². The molecule has 0 unspecified atom stereocenters. The molecule has 1 N–H and O–H groups in total. The Hall–Kier alpha value is -1.29. The van der Waals surface area contributed by atoms with Crippen molar-refractivity contribution in [1.82, 2.24) is 14.8 Å². The molecule has 0 aromatic carbocycles. The Balaban J connectivity index is 2.11. The van der Waals surface area contributed by atoms with Crippen LogP contribution in [0.4, 0.5) is 0 Å². The summed E-state index contributed by atoms with van der Waals surface area (Å²) in [5.74, 6) is 0.132. The molecule has 0 radical (unpaired) electrons. The number of carbonyl (C=O) groups excluding carboxylic acids is 1. The minimum absolute atomic E-state index is 0.132. The van der Waals surface area contributed by atoms with Gasteiger partial charge in [-0.05, 0) is 45.0 Å². The molecule has 1 aromatic rings. The molecule has 2 heterocycles. The third-order valence-electron chi connectivity index (χ3n) is 3.77. The zero-order chi connectivity index (χ0) is 12.4. The van der Waals surface area contributed by atoms with Gasteiger partial charge in [0.25, 0.3) is 5.91 Å². The molecule has 94 valence electrons. The molecule has 1 aromatic heterocycles. The maximum absolute atomic E-state index is 12.4. The second kappa shape index (κ2) is 4.92. The first kappa shape index (κ1) is 12.2. The Morgan fingerprint density at radius 2 is 2.06 bits per heavy atom. The number of carbonyl (C=O) groups is 1. The molecule has 0 bridgehead atoms. The van der Waals surface area contributed by atoms with Crippen molar-refractivity contribution in [3.63, 3.8) is 0 Å². The average Bonchev–Trinajstić information content (AvgIpc) is 2.69. The zero-order valence-corrected chi connectivity index (χ0v) is 10.9. The highest BCUT2D eigenvalue weighted by Gasteiger charge is 2.24. The molecular formula is C13H21N3O. The zero-order valence-electron chi connectivity index (χ0n) is 10.9. The van der Waals surface area contributed by atoms with Crippen molar-refractivity contribution in [3.8, 4) is 0 Å². The van der Waals surface area contributed by atoms with E-state index in [4.69, 9.17) is 0 Å². The lowest BCUT2D eigenvalue weighted by Crippen LogP contribution is -2.44. The molecule has 0 aliphatic carbocycles. The molecular weight excluding hydrogens is 214 g/mol. The van der Waals surface area contributed by atoms with E-state index in [0.29, 0.717) is 6.04 Å². The molecule has 1 amide bonds. The highest BCUT2D eigenvalue weighted by molar-refractivity contribution is 5.93. The van der Waals surface area contributed by atoms with Gasteiger partial charge in [0.1, 0.15) is 5.69 Å². The van der Waals surface area contributed by atoms with Crippen molar-refractivity contribution in [2.45, 2.75) is 25.8 Å². The number of amides is 1. The second-order valence-corrected chi connectivity index (χ2v) is 4.82. The van der Waals surface area contributed by atoms with Crippen molar-refractivity contribution >= 4 is 5.91 Å². The number of nitrogens with one attached hydrogen (secondary N) is 1. The normalized spacial score (nSPS) is 17.1. The molecule has 2 rings (SSSR count). The van der Waals surface area contributed by atoms with E-state index in [9.17, 15) is 4.79 Å². The molecule has 1 aliphatic heterocycles. The number of nitrogens with zero attached hydrogens (tertiary/aromatic N) is 2. The summed E-state index contributed by atoms with van der Waals surface area (Å²) < 4.78 is 1.96. The summed E-state index contributed by atoms with van der Waals surface area (Å²) in [6.45, 7) is 4.03. The third kappa shape index (κ3) is 2.36. The van der Waals surface area contributed by atoms with Crippen LogP contribution in [-0.2, 0) is 7.05 Å². The lowest BCUT2D eigenvalue weighted by atomic mass is 10.1. The van der Waals surface area contributed by atoms with E-state index in [1.165, 1.54) is 0 Å². The molecule has 1 fully saturated rings. The van der Waals surface area contributed by atoms with E-state index in [-0.39, 0.29) is 5.91 Å². The minimum Gasteiger partial charge on any atom is -0.344 e. The Kier molecular flexibility index (Phi) is 3.52. The SMILES string of the molecule is Cc1ccc(C(=O)N(C)C2CCNCC2)n1C. The first-order valence-corrected chi connectivity index (χ1v) is 6.21. The highest BCUT2D eigenvalue weighted by Crippen LogP contribution is 2.15. The van der Waals surface area contributed by atoms with Crippen molar-refractivity contribution in [2.75, 3.05) is 20.1 Å². The van der Waals surface area contributed by atoms with Gasteiger partial charge in [-0.15, -0.1) is 0 Å². The lowest BCUT2D eigenvalue weighted by Gasteiger charge is -2.31. The van der Waals surface area contributed by atoms with Crippen LogP contribution in [0.2, 0.25) is 0 Å². The van der Waals surface area contributed by atoms with Gasteiger partial charge in [0, 0.05) is 25.8 Å². The Bertz CT molecular complexity index is 405. The molecule has 1 saturated heterocycles. The predicted molar refractivity (Wildman–Crippen MR) is 68.1 cm³/mol. The number of aryl methyl sites for hydroxylation is 1. The molecule has 0 saturated carbocycles. The van der Waals surface area contributed by atoms with Gasteiger partial charge in [-0.2, -0.15) is 0 Å². The summed E-state index contributed by atoms with van der Waals surface area (Å²) >= 11 is 0. The monoisotopic (exact) mass is 235 g/mol. The van der Waals surface area contributed by atoms with Crippen molar-refractivity contribution < 1.29 is 4.79 Å². The van der Waals surface area contributed by atoms with Crippen LogP contribution >= 0.6 is 0 Å². The summed E-state index contributed by atoms with van der Waals surface area (Å²) in [5.41, 5.74) is 1.90. The van der Waals surface area contributed by atoms with E-state index in [1.54, 1.807) is 0 Å². The topological polar surface area (TPSA) is 37.3 Å². The fourth-order valence-corrected chi connectivity index (χ4v) is 2.37.